The molecule has 0 bridgehead atoms. The van der Waals surface area contributed by atoms with Crippen LogP contribution in [0.1, 0.15) is 30.1 Å². The van der Waals surface area contributed by atoms with Crippen molar-refractivity contribution in [1.82, 2.24) is 29.7 Å². The smallest absolute Gasteiger partial charge is 0.317 e. The Morgan fingerprint density at radius 3 is 2.96 bits per heavy atom. The van der Waals surface area contributed by atoms with Gasteiger partial charge in [-0.2, -0.15) is 5.10 Å². The van der Waals surface area contributed by atoms with E-state index in [9.17, 15) is 4.79 Å². The van der Waals surface area contributed by atoms with Gasteiger partial charge >= 0.3 is 6.03 Å². The number of hydrogen-bond donors (Lipinski definition) is 1. The number of amides is 2. The SMILES string of the molecule is Cn1nnc2cc(NC(=O)N3CCn4nc(C5CC5)cc4C3)ccc21. The number of nitrogens with one attached hydrogen (secondary N) is 1. The Morgan fingerprint density at radius 1 is 1.24 bits per heavy atom. The summed E-state index contributed by atoms with van der Waals surface area (Å²) in [5.41, 5.74) is 4.74. The van der Waals surface area contributed by atoms with Gasteiger partial charge in [-0.25, -0.2) is 9.48 Å². The van der Waals surface area contributed by atoms with E-state index in [0.717, 1.165) is 29.0 Å². The second-order valence-electron chi connectivity index (χ2n) is 6.83. The molecule has 3 aromatic rings. The van der Waals surface area contributed by atoms with Crippen LogP contribution in [0, 0.1) is 0 Å². The fraction of sp³-hybridized carbons (Fsp3) is 0.412. The molecule has 0 unspecified atom stereocenters. The van der Waals surface area contributed by atoms with E-state index >= 15 is 0 Å². The van der Waals surface area contributed by atoms with Crippen molar-refractivity contribution in [3.05, 3.63) is 35.7 Å². The van der Waals surface area contributed by atoms with Crippen LogP contribution in [0.3, 0.4) is 0 Å². The minimum Gasteiger partial charge on any atom is -0.317 e. The number of urea groups is 1. The Bertz CT molecular complexity index is 969. The molecule has 0 saturated heterocycles. The summed E-state index contributed by atoms with van der Waals surface area (Å²) in [7, 11) is 1.85. The molecule has 1 aromatic carbocycles. The Kier molecular flexibility index (Phi) is 3.06. The van der Waals surface area contributed by atoms with Gasteiger partial charge in [0, 0.05) is 25.2 Å². The summed E-state index contributed by atoms with van der Waals surface area (Å²) < 4.78 is 3.76. The van der Waals surface area contributed by atoms with Crippen molar-refractivity contribution in [3.8, 4) is 0 Å². The van der Waals surface area contributed by atoms with E-state index in [0.29, 0.717) is 19.0 Å². The van der Waals surface area contributed by atoms with E-state index in [-0.39, 0.29) is 6.03 Å². The van der Waals surface area contributed by atoms with Gasteiger partial charge in [0.25, 0.3) is 0 Å². The third-order valence-corrected chi connectivity index (χ3v) is 4.96. The summed E-state index contributed by atoms with van der Waals surface area (Å²) in [6.07, 6.45) is 2.48. The molecule has 2 amide bonds. The van der Waals surface area contributed by atoms with Crippen molar-refractivity contribution in [3.63, 3.8) is 0 Å². The summed E-state index contributed by atoms with van der Waals surface area (Å²) in [6, 6.07) is 7.70. The summed E-state index contributed by atoms with van der Waals surface area (Å²) in [5.74, 6) is 0.638. The van der Waals surface area contributed by atoms with Crippen LogP contribution in [-0.4, -0.2) is 42.3 Å². The molecule has 1 N–H and O–H groups in total. The molecule has 1 saturated carbocycles. The highest BCUT2D eigenvalue weighted by atomic mass is 16.2. The molecule has 3 heterocycles. The fourth-order valence-electron chi connectivity index (χ4n) is 3.36. The molecule has 5 rings (SSSR count). The predicted molar refractivity (Wildman–Crippen MR) is 92.1 cm³/mol. The van der Waals surface area contributed by atoms with Gasteiger partial charge in [-0.1, -0.05) is 5.21 Å². The van der Waals surface area contributed by atoms with Gasteiger partial charge in [-0.05, 0) is 37.1 Å². The van der Waals surface area contributed by atoms with E-state index in [1.807, 2.05) is 34.8 Å². The van der Waals surface area contributed by atoms with Crippen LogP contribution < -0.4 is 5.32 Å². The Hall–Kier alpha value is -2.90. The first-order valence-electron chi connectivity index (χ1n) is 8.59. The molecule has 8 nitrogen and oxygen atoms in total. The maximum Gasteiger partial charge on any atom is 0.322 e. The number of rotatable bonds is 2. The van der Waals surface area contributed by atoms with Gasteiger partial charge < -0.3 is 10.2 Å². The highest BCUT2D eigenvalue weighted by molar-refractivity contribution is 5.91. The fourth-order valence-corrected chi connectivity index (χ4v) is 3.36. The monoisotopic (exact) mass is 337 g/mol. The van der Waals surface area contributed by atoms with Crippen LogP contribution in [0.4, 0.5) is 10.5 Å². The van der Waals surface area contributed by atoms with E-state index < -0.39 is 0 Å². The Balaban J connectivity index is 1.31. The minimum atomic E-state index is -0.0938. The number of fused-ring (bicyclic) bond motifs is 2. The Labute approximate surface area is 144 Å². The number of anilines is 1. The largest absolute Gasteiger partial charge is 0.322 e. The zero-order valence-electron chi connectivity index (χ0n) is 14.0. The number of aryl methyl sites for hydroxylation is 1. The topological polar surface area (TPSA) is 80.9 Å². The first-order chi connectivity index (χ1) is 12.2. The molecule has 1 fully saturated rings. The molecule has 25 heavy (non-hydrogen) atoms. The standard InChI is InChI=1S/C17H19N7O/c1-22-16-5-4-12(8-15(16)19-21-22)18-17(25)23-6-7-24-13(10-23)9-14(20-24)11-2-3-11/h4-5,8-9,11H,2-3,6-7,10H2,1H3,(H,18,25). The van der Waals surface area contributed by atoms with Gasteiger partial charge in [-0.15, -0.1) is 5.10 Å². The summed E-state index contributed by atoms with van der Waals surface area (Å²) in [4.78, 5) is 14.4. The maximum atomic E-state index is 12.6. The zero-order valence-corrected chi connectivity index (χ0v) is 14.0. The minimum absolute atomic E-state index is 0.0938. The van der Waals surface area contributed by atoms with Crippen LogP contribution in [-0.2, 0) is 20.1 Å². The molecule has 128 valence electrons. The number of carbonyl (C=O) groups is 1. The lowest BCUT2D eigenvalue weighted by molar-refractivity contribution is 0.194. The van der Waals surface area contributed by atoms with Crippen LogP contribution in [0.15, 0.2) is 24.3 Å². The molecule has 0 radical (unpaired) electrons. The highest BCUT2D eigenvalue weighted by Crippen LogP contribution is 2.39. The molecule has 2 aromatic heterocycles. The molecular weight excluding hydrogens is 318 g/mol. The lowest BCUT2D eigenvalue weighted by Gasteiger charge is -2.27. The number of nitrogens with zero attached hydrogens (tertiary/aromatic N) is 6. The van der Waals surface area contributed by atoms with Crippen molar-refractivity contribution in [2.24, 2.45) is 7.05 Å². The number of benzene rings is 1. The van der Waals surface area contributed by atoms with E-state index in [4.69, 9.17) is 0 Å². The molecule has 8 heteroatoms. The molecule has 0 atom stereocenters. The average molecular weight is 337 g/mol. The van der Waals surface area contributed by atoms with Gasteiger partial charge in [0.15, 0.2) is 0 Å². The summed E-state index contributed by atoms with van der Waals surface area (Å²) in [5, 5.41) is 15.7. The van der Waals surface area contributed by atoms with Gasteiger partial charge in [0.05, 0.1) is 30.0 Å². The average Bonchev–Trinajstić information content (AvgIpc) is 3.28. The van der Waals surface area contributed by atoms with Crippen LogP contribution in [0.25, 0.3) is 11.0 Å². The predicted octanol–water partition coefficient (Wildman–Crippen LogP) is 2.09. The lowest BCUT2D eigenvalue weighted by atomic mass is 10.2. The van der Waals surface area contributed by atoms with Crippen LogP contribution in [0.5, 0.6) is 0 Å². The number of hydrogen-bond acceptors (Lipinski definition) is 4. The highest BCUT2D eigenvalue weighted by Gasteiger charge is 2.29. The van der Waals surface area contributed by atoms with E-state index in [1.54, 1.807) is 4.68 Å². The van der Waals surface area contributed by atoms with Crippen molar-refractivity contribution in [1.29, 1.82) is 0 Å². The van der Waals surface area contributed by atoms with Gasteiger partial charge in [0.2, 0.25) is 0 Å². The quantitative estimate of drug-likeness (QED) is 0.776. The zero-order chi connectivity index (χ0) is 17.0. The van der Waals surface area contributed by atoms with Gasteiger partial charge in [-0.3, -0.25) is 4.68 Å². The molecule has 1 aliphatic heterocycles. The first kappa shape index (κ1) is 14.4. The third kappa shape index (κ3) is 2.54. The first-order valence-corrected chi connectivity index (χ1v) is 8.59. The lowest BCUT2D eigenvalue weighted by Crippen LogP contribution is -2.40. The van der Waals surface area contributed by atoms with Crippen molar-refractivity contribution < 1.29 is 4.79 Å². The normalized spacial score (nSPS) is 16.9. The number of aromatic nitrogens is 5. The third-order valence-electron chi connectivity index (χ3n) is 4.96. The number of carbonyl (C=O) groups excluding carboxylic acids is 1. The van der Waals surface area contributed by atoms with Crippen molar-refractivity contribution in [2.75, 3.05) is 11.9 Å². The van der Waals surface area contributed by atoms with Crippen LogP contribution >= 0.6 is 0 Å². The second-order valence-corrected chi connectivity index (χ2v) is 6.83. The maximum absolute atomic E-state index is 12.6. The summed E-state index contributed by atoms with van der Waals surface area (Å²) in [6.45, 7) is 2.01. The van der Waals surface area contributed by atoms with E-state index in [1.165, 1.54) is 18.5 Å². The van der Waals surface area contributed by atoms with Crippen LogP contribution in [0.2, 0.25) is 0 Å². The van der Waals surface area contributed by atoms with E-state index in [2.05, 4.69) is 26.8 Å². The summed E-state index contributed by atoms with van der Waals surface area (Å²) >= 11 is 0. The molecule has 1 aliphatic carbocycles. The molecule has 2 aliphatic rings. The van der Waals surface area contributed by atoms with Gasteiger partial charge in [0.1, 0.15) is 5.52 Å². The van der Waals surface area contributed by atoms with Crippen molar-refractivity contribution in [2.45, 2.75) is 31.8 Å². The van der Waals surface area contributed by atoms with Crippen molar-refractivity contribution >= 4 is 22.8 Å². The second kappa shape index (κ2) is 5.30. The Morgan fingerprint density at radius 2 is 2.12 bits per heavy atom. The molecular formula is C17H19N7O. The molecule has 0 spiro atoms.